The molecular weight excluding hydrogens is 939 g/mol. The molecule has 11 aromatic rings. The summed E-state index contributed by atoms with van der Waals surface area (Å²) in [6.45, 7) is 16.8. The van der Waals surface area contributed by atoms with Crippen molar-refractivity contribution in [1.82, 2.24) is 0 Å². The Kier molecular flexibility index (Phi) is 10.2. The minimum atomic E-state index is -0.238. The second-order valence-corrected chi connectivity index (χ2v) is 24.5. The number of aryl methyl sites for hydroxylation is 1. The first-order valence-electron chi connectivity index (χ1n) is 28.3. The van der Waals surface area contributed by atoms with Gasteiger partial charge in [0.15, 0.2) is 0 Å². The molecule has 0 heterocycles. The van der Waals surface area contributed by atoms with Gasteiger partial charge >= 0.3 is 0 Å². The Hall–Kier alpha value is -8.52. The van der Waals surface area contributed by atoms with Gasteiger partial charge in [0.1, 0.15) is 0 Å². The van der Waals surface area contributed by atoms with E-state index in [0.717, 1.165) is 0 Å². The summed E-state index contributed by atoms with van der Waals surface area (Å²) in [4.78, 5) is 2.55. The molecule has 0 aromatic heterocycles. The van der Waals surface area contributed by atoms with E-state index in [2.05, 4.69) is 278 Å². The van der Waals surface area contributed by atoms with Crippen LogP contribution in [0.4, 0.5) is 17.1 Å². The zero-order chi connectivity index (χ0) is 52.8. The van der Waals surface area contributed by atoms with Crippen molar-refractivity contribution in [1.29, 1.82) is 0 Å². The standard InChI is InChI=1S/C77H63N/c1-47-16-11-14-21-59(47)67-23-15-22-60(74(67)50-25-26-50)55-30-36-63-66-39-33-58(46-73(66)77(6,7)70(63)43-55)78(56-31-37-64-61-34-28-53(48-17-9-8-10-18-48)41-68(61)75(2,3)71(64)44-56)57-32-38-65-62-35-29-54(42-69(62)76(4,5)72(65)45-57)52-27-24-49-19-12-13-20-51(49)40-52/h8-24,27-46,50H,25-26H2,1-7H3. The van der Waals surface area contributed by atoms with E-state index in [-0.39, 0.29) is 16.2 Å². The summed E-state index contributed by atoms with van der Waals surface area (Å²) in [7, 11) is 0. The predicted molar refractivity (Wildman–Crippen MR) is 330 cm³/mol. The second-order valence-electron chi connectivity index (χ2n) is 24.5. The number of rotatable bonds is 8. The second kappa shape index (κ2) is 17.0. The quantitative estimate of drug-likeness (QED) is 0.147. The van der Waals surface area contributed by atoms with Crippen molar-refractivity contribution in [3.05, 3.63) is 269 Å². The summed E-state index contributed by atoms with van der Waals surface area (Å²) in [6, 6.07) is 85.7. The fourth-order valence-electron chi connectivity index (χ4n) is 14.3. The fourth-order valence-corrected chi connectivity index (χ4v) is 14.3. The lowest BCUT2D eigenvalue weighted by Crippen LogP contribution is -2.19. The average molecular weight is 1000 g/mol. The van der Waals surface area contributed by atoms with Crippen LogP contribution in [-0.2, 0) is 16.2 Å². The molecular formula is C77H63N. The van der Waals surface area contributed by atoms with E-state index >= 15 is 0 Å². The smallest absolute Gasteiger partial charge is 0.0465 e. The Labute approximate surface area is 460 Å². The van der Waals surface area contributed by atoms with Gasteiger partial charge in [0.05, 0.1) is 0 Å². The molecule has 0 radical (unpaired) electrons. The molecule has 0 atom stereocenters. The van der Waals surface area contributed by atoms with Gasteiger partial charge in [-0.2, -0.15) is 0 Å². The number of anilines is 3. The van der Waals surface area contributed by atoms with Crippen LogP contribution in [0.2, 0.25) is 0 Å². The maximum atomic E-state index is 2.55. The molecule has 4 aliphatic rings. The first kappa shape index (κ1) is 46.8. The molecule has 0 N–H and O–H groups in total. The van der Waals surface area contributed by atoms with Crippen molar-refractivity contribution in [2.45, 2.75) is 83.5 Å². The van der Waals surface area contributed by atoms with E-state index in [1.165, 1.54) is 163 Å². The maximum absolute atomic E-state index is 2.55. The number of hydrogen-bond acceptors (Lipinski definition) is 1. The summed E-state index contributed by atoms with van der Waals surface area (Å²) >= 11 is 0. The molecule has 376 valence electrons. The lowest BCUT2D eigenvalue weighted by molar-refractivity contribution is 0.659. The third-order valence-electron chi connectivity index (χ3n) is 18.8. The molecule has 15 rings (SSSR count). The molecule has 0 saturated heterocycles. The molecule has 78 heavy (non-hydrogen) atoms. The summed E-state index contributed by atoms with van der Waals surface area (Å²) in [6.07, 6.45) is 2.51. The van der Waals surface area contributed by atoms with E-state index in [1.54, 1.807) is 0 Å². The zero-order valence-electron chi connectivity index (χ0n) is 45.8. The van der Waals surface area contributed by atoms with Crippen LogP contribution in [0.25, 0.3) is 88.7 Å². The van der Waals surface area contributed by atoms with Crippen molar-refractivity contribution in [3.63, 3.8) is 0 Å². The molecule has 0 aliphatic heterocycles. The Morgan fingerprint density at radius 2 is 0.692 bits per heavy atom. The highest BCUT2D eigenvalue weighted by Gasteiger charge is 2.41. The van der Waals surface area contributed by atoms with Gasteiger partial charge in [-0.15, -0.1) is 0 Å². The first-order valence-corrected chi connectivity index (χ1v) is 28.3. The van der Waals surface area contributed by atoms with Gasteiger partial charge in [0, 0.05) is 33.3 Å². The van der Waals surface area contributed by atoms with Crippen LogP contribution in [0.1, 0.15) is 105 Å². The highest BCUT2D eigenvalue weighted by molar-refractivity contribution is 5.94. The lowest BCUT2D eigenvalue weighted by Gasteiger charge is -2.31. The Bertz CT molecular complexity index is 4310. The van der Waals surface area contributed by atoms with Crippen LogP contribution >= 0.6 is 0 Å². The van der Waals surface area contributed by atoms with Crippen molar-refractivity contribution in [2.24, 2.45) is 0 Å². The molecule has 4 aliphatic carbocycles. The predicted octanol–water partition coefficient (Wildman–Crippen LogP) is 21.1. The summed E-state index contributed by atoms with van der Waals surface area (Å²) in [5.41, 5.74) is 32.3. The number of nitrogens with zero attached hydrogens (tertiary/aromatic N) is 1. The van der Waals surface area contributed by atoms with E-state index in [4.69, 9.17) is 0 Å². The van der Waals surface area contributed by atoms with Gasteiger partial charge in [-0.25, -0.2) is 0 Å². The van der Waals surface area contributed by atoms with Crippen LogP contribution in [0.3, 0.4) is 0 Å². The van der Waals surface area contributed by atoms with E-state index < -0.39 is 0 Å². The SMILES string of the molecule is Cc1ccccc1-c1cccc(-c2ccc3c(c2)C(C)(C)c2cc(N(c4ccc5c(c4)C(C)(C)c4cc(-c6ccccc6)ccc4-5)c4ccc5c(c4)C(C)(C)c4cc(-c6ccc7ccccc7c6)ccc4-5)ccc2-3)c1C1CC1. The molecule has 11 aromatic carbocycles. The van der Waals surface area contributed by atoms with Crippen molar-refractivity contribution >= 4 is 27.8 Å². The van der Waals surface area contributed by atoms with Gasteiger partial charge in [0.2, 0.25) is 0 Å². The van der Waals surface area contributed by atoms with Crippen LogP contribution < -0.4 is 4.90 Å². The molecule has 1 fully saturated rings. The van der Waals surface area contributed by atoms with Crippen LogP contribution in [0.15, 0.2) is 224 Å². The molecule has 1 saturated carbocycles. The van der Waals surface area contributed by atoms with Crippen molar-refractivity contribution < 1.29 is 0 Å². The highest BCUT2D eigenvalue weighted by Crippen LogP contribution is 2.57. The van der Waals surface area contributed by atoms with Crippen molar-refractivity contribution in [3.8, 4) is 77.9 Å². The highest BCUT2D eigenvalue weighted by atomic mass is 15.1. The molecule has 1 heteroatoms. The van der Waals surface area contributed by atoms with Crippen LogP contribution in [-0.4, -0.2) is 0 Å². The summed E-state index contributed by atoms with van der Waals surface area (Å²) in [5.74, 6) is 0.598. The zero-order valence-corrected chi connectivity index (χ0v) is 45.8. The maximum Gasteiger partial charge on any atom is 0.0465 e. The average Bonchev–Trinajstić information content (AvgIpc) is 3.90. The minimum Gasteiger partial charge on any atom is -0.310 e. The first-order chi connectivity index (χ1) is 37.8. The Morgan fingerprint density at radius 3 is 1.23 bits per heavy atom. The topological polar surface area (TPSA) is 3.24 Å². The van der Waals surface area contributed by atoms with E-state index in [9.17, 15) is 0 Å². The largest absolute Gasteiger partial charge is 0.310 e. The number of benzene rings is 11. The van der Waals surface area contributed by atoms with E-state index in [0.29, 0.717) is 5.92 Å². The molecule has 0 amide bonds. The summed E-state index contributed by atoms with van der Waals surface area (Å²) in [5, 5.41) is 2.54. The lowest BCUT2D eigenvalue weighted by atomic mass is 9.80. The third kappa shape index (κ3) is 7.06. The van der Waals surface area contributed by atoms with Gasteiger partial charge in [-0.05, 0) is 220 Å². The normalized spacial score (nSPS) is 15.5. The van der Waals surface area contributed by atoms with Crippen molar-refractivity contribution in [2.75, 3.05) is 4.90 Å². The van der Waals surface area contributed by atoms with Crippen LogP contribution in [0.5, 0.6) is 0 Å². The molecule has 0 bridgehead atoms. The Morgan fingerprint density at radius 1 is 0.295 bits per heavy atom. The number of fused-ring (bicyclic) bond motifs is 10. The van der Waals surface area contributed by atoms with Crippen LogP contribution in [0, 0.1) is 6.92 Å². The Balaban J connectivity index is 0.850. The van der Waals surface area contributed by atoms with E-state index in [1.807, 2.05) is 0 Å². The van der Waals surface area contributed by atoms with Gasteiger partial charge in [-0.1, -0.05) is 205 Å². The molecule has 0 spiro atoms. The molecule has 1 nitrogen and oxygen atoms in total. The van der Waals surface area contributed by atoms with Gasteiger partial charge in [0.25, 0.3) is 0 Å². The van der Waals surface area contributed by atoms with Gasteiger partial charge < -0.3 is 4.90 Å². The number of hydrogen-bond donors (Lipinski definition) is 0. The summed E-state index contributed by atoms with van der Waals surface area (Å²) < 4.78 is 0. The minimum absolute atomic E-state index is 0.209. The van der Waals surface area contributed by atoms with Gasteiger partial charge in [-0.3, -0.25) is 0 Å². The third-order valence-corrected chi connectivity index (χ3v) is 18.8. The monoisotopic (exact) mass is 1000 g/mol. The fraction of sp³-hybridized carbons (Fsp3) is 0.169. The molecule has 0 unspecified atom stereocenters.